The third-order valence-corrected chi connectivity index (χ3v) is 3.23. The maximum Gasteiger partial charge on any atom is 0.258 e. The van der Waals surface area contributed by atoms with Crippen molar-refractivity contribution in [1.29, 1.82) is 0 Å². The molecule has 1 N–H and O–H groups in total. The molecule has 2 rings (SSSR count). The van der Waals surface area contributed by atoms with Gasteiger partial charge in [-0.3, -0.25) is 9.78 Å². The summed E-state index contributed by atoms with van der Waals surface area (Å²) in [6, 6.07) is 7.30. The Morgan fingerprint density at radius 3 is 2.81 bits per heavy atom. The number of rotatable bonds is 5. The Kier molecular flexibility index (Phi) is 4.87. The molecule has 2 aromatic rings. The maximum atomic E-state index is 12.6. The molecule has 0 aromatic carbocycles. The van der Waals surface area contributed by atoms with E-state index >= 15 is 0 Å². The molecule has 2 heterocycles. The van der Waals surface area contributed by atoms with E-state index < -0.39 is 0 Å². The molecular weight excluding hydrogens is 264 g/mol. The molecule has 21 heavy (non-hydrogen) atoms. The van der Waals surface area contributed by atoms with E-state index in [9.17, 15) is 4.79 Å². The molecule has 5 heteroatoms. The summed E-state index contributed by atoms with van der Waals surface area (Å²) >= 11 is 0. The predicted molar refractivity (Wildman–Crippen MR) is 84.7 cm³/mol. The van der Waals surface area contributed by atoms with Crippen LogP contribution < -0.4 is 10.2 Å². The first kappa shape index (κ1) is 15.0. The van der Waals surface area contributed by atoms with Crippen molar-refractivity contribution in [2.75, 3.05) is 24.3 Å². The first-order valence-corrected chi connectivity index (χ1v) is 7.02. The highest BCUT2D eigenvalue weighted by molar-refractivity contribution is 6.06. The Morgan fingerprint density at radius 1 is 1.38 bits per heavy atom. The molecule has 0 bridgehead atoms. The highest BCUT2D eigenvalue weighted by Crippen LogP contribution is 2.17. The van der Waals surface area contributed by atoms with Gasteiger partial charge in [0.2, 0.25) is 0 Å². The van der Waals surface area contributed by atoms with E-state index in [2.05, 4.69) is 22.2 Å². The number of nitrogens with zero attached hydrogens (tertiary/aromatic N) is 3. The average molecular weight is 284 g/mol. The third-order valence-electron chi connectivity index (χ3n) is 3.23. The summed E-state index contributed by atoms with van der Waals surface area (Å²) in [5.41, 5.74) is 2.32. The molecule has 0 aliphatic heterocycles. The van der Waals surface area contributed by atoms with E-state index in [0.717, 1.165) is 24.2 Å². The molecule has 0 fully saturated rings. The molecule has 1 amide bonds. The van der Waals surface area contributed by atoms with Crippen molar-refractivity contribution in [1.82, 2.24) is 9.97 Å². The third kappa shape index (κ3) is 3.56. The molecule has 0 aliphatic carbocycles. The maximum absolute atomic E-state index is 12.6. The van der Waals surface area contributed by atoms with Crippen LogP contribution in [0.2, 0.25) is 0 Å². The summed E-state index contributed by atoms with van der Waals surface area (Å²) in [4.78, 5) is 22.7. The van der Waals surface area contributed by atoms with Gasteiger partial charge in [-0.15, -0.1) is 0 Å². The van der Waals surface area contributed by atoms with Crippen LogP contribution in [-0.2, 0) is 6.42 Å². The van der Waals surface area contributed by atoms with Gasteiger partial charge in [0, 0.05) is 31.5 Å². The highest BCUT2D eigenvalue weighted by atomic mass is 16.2. The number of carbonyl (C=O) groups is 1. The second kappa shape index (κ2) is 6.83. The van der Waals surface area contributed by atoms with Gasteiger partial charge in [0.1, 0.15) is 5.82 Å². The highest BCUT2D eigenvalue weighted by Gasteiger charge is 2.15. The molecule has 0 saturated carbocycles. The minimum absolute atomic E-state index is 0.0701. The van der Waals surface area contributed by atoms with Gasteiger partial charge in [0.25, 0.3) is 5.91 Å². The van der Waals surface area contributed by atoms with E-state index in [0.29, 0.717) is 11.4 Å². The second-order valence-corrected chi connectivity index (χ2v) is 4.81. The molecule has 5 nitrogen and oxygen atoms in total. The lowest BCUT2D eigenvalue weighted by Gasteiger charge is -2.17. The number of hydrogen-bond acceptors (Lipinski definition) is 4. The molecule has 0 unspecified atom stereocenters. The zero-order valence-corrected chi connectivity index (χ0v) is 12.6. The molecular formula is C16H20N4O. The quantitative estimate of drug-likeness (QED) is 0.917. The molecule has 0 spiro atoms. The van der Waals surface area contributed by atoms with Crippen molar-refractivity contribution in [3.05, 3.63) is 47.9 Å². The normalized spacial score (nSPS) is 10.2. The van der Waals surface area contributed by atoms with Gasteiger partial charge in [0.15, 0.2) is 0 Å². The summed E-state index contributed by atoms with van der Waals surface area (Å²) in [5.74, 6) is 0.642. The van der Waals surface area contributed by atoms with Gasteiger partial charge in [0.05, 0.1) is 11.9 Å². The number of aryl methyl sites for hydroxylation is 1. The van der Waals surface area contributed by atoms with Crippen LogP contribution in [0.25, 0.3) is 0 Å². The van der Waals surface area contributed by atoms with Crippen molar-refractivity contribution >= 4 is 17.4 Å². The fraction of sp³-hybridized carbons (Fsp3) is 0.312. The van der Waals surface area contributed by atoms with Crippen LogP contribution in [0.15, 0.2) is 36.7 Å². The second-order valence-electron chi connectivity index (χ2n) is 4.81. The van der Waals surface area contributed by atoms with Gasteiger partial charge < -0.3 is 10.2 Å². The Morgan fingerprint density at radius 2 is 2.19 bits per heavy atom. The summed E-state index contributed by atoms with van der Waals surface area (Å²) in [7, 11) is 3.55. The molecule has 0 saturated heterocycles. The molecule has 110 valence electrons. The number of nitrogens with one attached hydrogen (secondary N) is 1. The fourth-order valence-electron chi connectivity index (χ4n) is 2.09. The Balaban J connectivity index is 2.31. The summed E-state index contributed by atoms with van der Waals surface area (Å²) in [6.45, 7) is 2.09. The van der Waals surface area contributed by atoms with Crippen LogP contribution >= 0.6 is 0 Å². The number of hydrogen-bond donors (Lipinski definition) is 1. The first-order valence-electron chi connectivity index (χ1n) is 7.02. The fourth-order valence-corrected chi connectivity index (χ4v) is 2.09. The molecule has 0 aliphatic rings. The van der Waals surface area contributed by atoms with Crippen LogP contribution in [0.4, 0.5) is 11.5 Å². The first-order chi connectivity index (χ1) is 10.2. The Bertz CT molecular complexity index is 613. The van der Waals surface area contributed by atoms with Crippen molar-refractivity contribution in [2.24, 2.45) is 0 Å². The number of carbonyl (C=O) groups excluding carboxylic acids is 1. The minimum Gasteiger partial charge on any atom is -0.373 e. The van der Waals surface area contributed by atoms with E-state index in [1.807, 2.05) is 18.2 Å². The van der Waals surface area contributed by atoms with Crippen LogP contribution in [-0.4, -0.2) is 30.0 Å². The van der Waals surface area contributed by atoms with E-state index in [-0.39, 0.29) is 5.91 Å². The lowest BCUT2D eigenvalue weighted by molar-refractivity contribution is 0.0992. The standard InChI is InChI=1S/C16H20N4O/c1-4-6-13-9-12(10-15(17-2)19-13)16(21)20(3)14-7-5-8-18-11-14/h5,7-11H,4,6H2,1-3H3,(H,17,19). The smallest absolute Gasteiger partial charge is 0.258 e. The zero-order chi connectivity index (χ0) is 15.2. The van der Waals surface area contributed by atoms with Crippen LogP contribution in [0.1, 0.15) is 29.4 Å². The number of anilines is 2. The number of pyridine rings is 2. The Hall–Kier alpha value is -2.43. The van der Waals surface area contributed by atoms with Gasteiger partial charge in [-0.1, -0.05) is 13.3 Å². The van der Waals surface area contributed by atoms with Gasteiger partial charge in [-0.25, -0.2) is 4.98 Å². The minimum atomic E-state index is -0.0701. The van der Waals surface area contributed by atoms with Gasteiger partial charge in [-0.2, -0.15) is 0 Å². The number of aromatic nitrogens is 2. The molecule has 0 atom stereocenters. The predicted octanol–water partition coefficient (Wildman–Crippen LogP) is 2.75. The van der Waals surface area contributed by atoms with Crippen LogP contribution in [0.5, 0.6) is 0 Å². The van der Waals surface area contributed by atoms with E-state index in [4.69, 9.17) is 0 Å². The summed E-state index contributed by atoms with van der Waals surface area (Å²) < 4.78 is 0. The SMILES string of the molecule is CCCc1cc(C(=O)N(C)c2cccnc2)cc(NC)n1. The molecule has 0 radical (unpaired) electrons. The monoisotopic (exact) mass is 284 g/mol. The lowest BCUT2D eigenvalue weighted by Crippen LogP contribution is -2.26. The Labute approximate surface area is 125 Å². The topological polar surface area (TPSA) is 58.1 Å². The lowest BCUT2D eigenvalue weighted by atomic mass is 10.1. The van der Waals surface area contributed by atoms with Gasteiger partial charge >= 0.3 is 0 Å². The zero-order valence-electron chi connectivity index (χ0n) is 12.6. The van der Waals surface area contributed by atoms with Gasteiger partial charge in [-0.05, 0) is 30.7 Å². The van der Waals surface area contributed by atoms with E-state index in [1.165, 1.54) is 0 Å². The van der Waals surface area contributed by atoms with Crippen molar-refractivity contribution in [3.8, 4) is 0 Å². The molecule has 2 aromatic heterocycles. The largest absolute Gasteiger partial charge is 0.373 e. The average Bonchev–Trinajstić information content (AvgIpc) is 2.54. The summed E-state index contributed by atoms with van der Waals surface area (Å²) in [6.07, 6.45) is 5.20. The van der Waals surface area contributed by atoms with Crippen molar-refractivity contribution in [3.63, 3.8) is 0 Å². The van der Waals surface area contributed by atoms with Crippen LogP contribution in [0.3, 0.4) is 0 Å². The summed E-state index contributed by atoms with van der Waals surface area (Å²) in [5, 5.41) is 3.01. The number of amides is 1. The van der Waals surface area contributed by atoms with E-state index in [1.54, 1.807) is 37.5 Å². The van der Waals surface area contributed by atoms with Crippen molar-refractivity contribution in [2.45, 2.75) is 19.8 Å². The van der Waals surface area contributed by atoms with Crippen molar-refractivity contribution < 1.29 is 4.79 Å². The van der Waals surface area contributed by atoms with Crippen LogP contribution in [0, 0.1) is 0 Å².